The van der Waals surface area contributed by atoms with E-state index in [-0.39, 0.29) is 12.6 Å². The molecule has 0 radical (unpaired) electrons. The highest BCUT2D eigenvalue weighted by atomic mass is 31.0. The molecular formula is C22H41O13P. The highest BCUT2D eigenvalue weighted by Gasteiger charge is 2.51. The summed E-state index contributed by atoms with van der Waals surface area (Å²) in [5, 5.41) is 61.0. The molecule has 14 heteroatoms. The van der Waals surface area contributed by atoms with Crippen molar-refractivity contribution in [1.82, 2.24) is 0 Å². The molecule has 2 saturated heterocycles. The van der Waals surface area contributed by atoms with Crippen LogP contribution in [0.4, 0.5) is 0 Å². The summed E-state index contributed by atoms with van der Waals surface area (Å²) < 4.78 is 31.8. The number of aliphatic hydroxyl groups excluding tert-OH is 6. The first-order valence-corrected chi connectivity index (χ1v) is 12.7. The first kappa shape index (κ1) is 31.7. The fourth-order valence-electron chi connectivity index (χ4n) is 4.23. The third kappa shape index (κ3) is 8.75. The minimum Gasteiger partial charge on any atom is -0.469 e. The van der Waals surface area contributed by atoms with Crippen LogP contribution in [0, 0.1) is 0 Å². The van der Waals surface area contributed by atoms with Crippen molar-refractivity contribution in [2.75, 3.05) is 26.9 Å². The van der Waals surface area contributed by atoms with Gasteiger partial charge < -0.3 is 58.8 Å². The summed E-state index contributed by atoms with van der Waals surface area (Å²) in [5.74, 6) is -0.209. The molecule has 11 atom stereocenters. The van der Waals surface area contributed by atoms with Crippen LogP contribution in [0.2, 0.25) is 0 Å². The van der Waals surface area contributed by atoms with Crippen molar-refractivity contribution in [2.24, 2.45) is 0 Å². The molecule has 0 aromatic heterocycles. The predicted molar refractivity (Wildman–Crippen MR) is 125 cm³/mol. The van der Waals surface area contributed by atoms with Gasteiger partial charge in [0.2, 0.25) is 0 Å². The van der Waals surface area contributed by atoms with Crippen LogP contribution in [0.25, 0.3) is 0 Å². The lowest BCUT2D eigenvalue weighted by molar-refractivity contribution is -0.357. The van der Waals surface area contributed by atoms with Crippen molar-refractivity contribution in [3.8, 4) is 0 Å². The van der Waals surface area contributed by atoms with E-state index in [1.54, 1.807) is 0 Å². The van der Waals surface area contributed by atoms with Gasteiger partial charge >= 0.3 is 5.97 Å². The first-order valence-electron chi connectivity index (χ1n) is 12.2. The Balaban J connectivity index is 1.79. The monoisotopic (exact) mass is 544 g/mol. The van der Waals surface area contributed by atoms with Crippen LogP contribution in [-0.4, -0.2) is 125 Å². The van der Waals surface area contributed by atoms with E-state index in [1.165, 1.54) is 7.11 Å². The zero-order chi connectivity index (χ0) is 26.7. The average molecular weight is 545 g/mol. The number of hydrogen-bond acceptors (Lipinski definition) is 13. The Labute approximate surface area is 212 Å². The largest absolute Gasteiger partial charge is 0.469 e. The number of ether oxygens (including phenoxy) is 5. The fourth-order valence-corrected chi connectivity index (χ4v) is 4.56. The molecule has 0 aromatic carbocycles. The summed E-state index contributed by atoms with van der Waals surface area (Å²) in [5.41, 5.74) is 0. The standard InChI is InChI=1S/C22H41O13P/c1-30-14(25)8-6-4-2-3-5-7-9-31-21-17(28)15(26)19(12(10-23)32-21)34-22-18(29)16(27)20(35-36)13(11-24)33-22/h12-13,15-24,26-29H,2-11,36H2,1H3/t12-,13-,15-,16-,17-,18-,19-,20+,21+,22+/m1/s1. The van der Waals surface area contributed by atoms with Gasteiger partial charge in [0.25, 0.3) is 0 Å². The highest BCUT2D eigenvalue weighted by molar-refractivity contribution is 7.09. The van der Waals surface area contributed by atoms with E-state index >= 15 is 0 Å². The predicted octanol–water partition coefficient (Wildman–Crippen LogP) is -1.65. The lowest BCUT2D eigenvalue weighted by Gasteiger charge is -2.46. The summed E-state index contributed by atoms with van der Waals surface area (Å²) in [6.07, 6.45) is -7.80. The molecule has 2 heterocycles. The molecular weight excluding hydrogens is 503 g/mol. The number of hydrogen-bond donors (Lipinski definition) is 6. The number of aliphatic hydroxyl groups is 6. The van der Waals surface area contributed by atoms with Crippen LogP contribution in [0.3, 0.4) is 0 Å². The van der Waals surface area contributed by atoms with E-state index in [0.717, 1.165) is 32.1 Å². The third-order valence-corrected chi connectivity index (χ3v) is 6.69. The van der Waals surface area contributed by atoms with Crippen LogP contribution < -0.4 is 0 Å². The Bertz CT molecular complexity index is 625. The lowest BCUT2D eigenvalue weighted by Crippen LogP contribution is -2.64. The Morgan fingerprint density at radius 3 is 1.92 bits per heavy atom. The maximum Gasteiger partial charge on any atom is 0.305 e. The van der Waals surface area contributed by atoms with Gasteiger partial charge in [-0.25, -0.2) is 0 Å². The van der Waals surface area contributed by atoms with Gasteiger partial charge in [-0.15, -0.1) is 0 Å². The molecule has 0 spiro atoms. The number of unbranched alkanes of at least 4 members (excludes halogenated alkanes) is 5. The van der Waals surface area contributed by atoms with Crippen molar-refractivity contribution in [2.45, 2.75) is 106 Å². The van der Waals surface area contributed by atoms with Crippen molar-refractivity contribution < 1.29 is 63.6 Å². The summed E-state index contributed by atoms with van der Waals surface area (Å²) in [7, 11) is 3.29. The molecule has 0 bridgehead atoms. The van der Waals surface area contributed by atoms with Gasteiger partial charge in [-0.3, -0.25) is 4.79 Å². The summed E-state index contributed by atoms with van der Waals surface area (Å²) in [6.45, 7) is -0.876. The van der Waals surface area contributed by atoms with E-state index in [0.29, 0.717) is 12.8 Å². The fraction of sp³-hybridized carbons (Fsp3) is 0.955. The van der Waals surface area contributed by atoms with E-state index in [2.05, 4.69) is 4.74 Å². The molecule has 2 aliphatic rings. The van der Waals surface area contributed by atoms with Crippen LogP contribution in [0.15, 0.2) is 0 Å². The smallest absolute Gasteiger partial charge is 0.305 e. The van der Waals surface area contributed by atoms with Gasteiger partial charge in [-0.1, -0.05) is 25.7 Å². The molecule has 2 fully saturated rings. The Morgan fingerprint density at radius 2 is 1.31 bits per heavy atom. The van der Waals surface area contributed by atoms with Crippen LogP contribution in [-0.2, 0) is 33.0 Å². The second-order valence-electron chi connectivity index (χ2n) is 8.93. The Morgan fingerprint density at radius 1 is 0.778 bits per heavy atom. The normalized spacial score (nSPS) is 37.1. The molecule has 2 aliphatic heterocycles. The number of esters is 1. The topological polar surface area (TPSA) is 194 Å². The molecule has 0 aromatic rings. The number of rotatable bonds is 15. The van der Waals surface area contributed by atoms with Gasteiger partial charge in [-0.2, -0.15) is 0 Å². The summed E-state index contributed by atoms with van der Waals surface area (Å²) in [6, 6.07) is 0. The van der Waals surface area contributed by atoms with E-state index in [9.17, 15) is 35.4 Å². The quantitative estimate of drug-likeness (QED) is 0.0780. The van der Waals surface area contributed by atoms with Gasteiger partial charge in [0.1, 0.15) is 48.8 Å². The number of carbonyl (C=O) groups excluding carboxylic acids is 1. The molecule has 36 heavy (non-hydrogen) atoms. The maximum absolute atomic E-state index is 11.1. The number of carbonyl (C=O) groups is 1. The first-order chi connectivity index (χ1) is 17.3. The molecule has 0 saturated carbocycles. The average Bonchev–Trinajstić information content (AvgIpc) is 2.88. The van der Waals surface area contributed by atoms with Gasteiger partial charge in [-0.05, 0) is 12.8 Å². The van der Waals surface area contributed by atoms with Crippen molar-refractivity contribution >= 4 is 15.4 Å². The molecule has 6 N–H and O–H groups in total. The molecule has 212 valence electrons. The maximum atomic E-state index is 11.1. The van der Waals surface area contributed by atoms with Gasteiger partial charge in [0, 0.05) is 22.5 Å². The van der Waals surface area contributed by atoms with Crippen molar-refractivity contribution in [1.29, 1.82) is 0 Å². The van der Waals surface area contributed by atoms with Crippen molar-refractivity contribution in [3.05, 3.63) is 0 Å². The lowest BCUT2D eigenvalue weighted by atomic mass is 9.97. The second kappa shape index (κ2) is 16.4. The second-order valence-corrected chi connectivity index (χ2v) is 9.21. The van der Waals surface area contributed by atoms with Crippen molar-refractivity contribution in [3.63, 3.8) is 0 Å². The highest BCUT2D eigenvalue weighted by Crippen LogP contribution is 2.31. The zero-order valence-electron chi connectivity index (χ0n) is 20.5. The van der Waals surface area contributed by atoms with E-state index in [1.807, 2.05) is 9.47 Å². The van der Waals surface area contributed by atoms with Gasteiger partial charge in [0.15, 0.2) is 12.6 Å². The van der Waals surface area contributed by atoms with Crippen LogP contribution in [0.1, 0.15) is 44.9 Å². The zero-order valence-corrected chi connectivity index (χ0v) is 21.6. The van der Waals surface area contributed by atoms with Crippen LogP contribution >= 0.6 is 9.47 Å². The number of methoxy groups -OCH3 is 1. The molecule has 1 unspecified atom stereocenters. The molecule has 0 amide bonds. The third-order valence-electron chi connectivity index (χ3n) is 6.37. The Kier molecular flexibility index (Phi) is 14.5. The van der Waals surface area contributed by atoms with E-state index < -0.39 is 74.6 Å². The summed E-state index contributed by atoms with van der Waals surface area (Å²) in [4.78, 5) is 11.1. The van der Waals surface area contributed by atoms with Crippen LogP contribution in [0.5, 0.6) is 0 Å². The molecule has 13 nitrogen and oxygen atoms in total. The summed E-state index contributed by atoms with van der Waals surface area (Å²) >= 11 is 0. The Hall–Kier alpha value is -0.540. The minimum atomic E-state index is -1.60. The molecule has 0 aliphatic carbocycles. The SMILES string of the molecule is COC(=O)CCCCCCCCO[C@H]1O[C@H](CO)[C@@H](O[C@@H]2O[C@H](CO)[C@H](OP)[C@H](O)[C@H]2O)[C@H](O)[C@H]1O. The molecule has 2 rings (SSSR count). The van der Waals surface area contributed by atoms with Gasteiger partial charge in [0.05, 0.1) is 20.3 Å². The minimum absolute atomic E-state index is 0.209. The van der Waals surface area contributed by atoms with E-state index in [4.69, 9.17) is 23.5 Å².